The lowest BCUT2D eigenvalue weighted by atomic mass is 10.1. The Morgan fingerprint density at radius 1 is 1.07 bits per heavy atom. The normalized spacial score (nSPS) is 10.9. The van der Waals surface area contributed by atoms with Gasteiger partial charge in [-0.25, -0.2) is 5.43 Å². The Kier molecular flexibility index (Phi) is 5.91. The van der Waals surface area contributed by atoms with Crippen LogP contribution in [-0.2, 0) is 6.54 Å². The number of nitrogens with one attached hydrogen (secondary N) is 1. The molecule has 3 aromatic carbocycles. The van der Waals surface area contributed by atoms with Gasteiger partial charge in [0, 0.05) is 38.3 Å². The molecule has 0 saturated carbocycles. The minimum absolute atomic E-state index is 0.255. The Hall–Kier alpha value is -3.44. The van der Waals surface area contributed by atoms with Crippen molar-refractivity contribution < 1.29 is 4.79 Å². The molecule has 6 heteroatoms. The molecule has 0 radical (unpaired) electrons. The molecule has 0 spiro atoms. The molecule has 1 amide bonds. The lowest BCUT2D eigenvalue weighted by Crippen LogP contribution is -2.17. The molecule has 4 aromatic rings. The number of halogens is 1. The van der Waals surface area contributed by atoms with Crippen LogP contribution < -0.4 is 5.43 Å². The SMILES string of the molecule is N#Cc1ccccc1Cn1cc(/C=N\NC(=O)c2ccc(I)cc2)c2ccccc21. The summed E-state index contributed by atoms with van der Waals surface area (Å²) in [5.74, 6) is -0.255. The van der Waals surface area contributed by atoms with E-state index >= 15 is 0 Å². The van der Waals surface area contributed by atoms with Crippen molar-refractivity contribution in [2.75, 3.05) is 0 Å². The van der Waals surface area contributed by atoms with Gasteiger partial charge in [-0.15, -0.1) is 0 Å². The Morgan fingerprint density at radius 2 is 1.80 bits per heavy atom. The van der Waals surface area contributed by atoms with E-state index in [1.165, 1.54) is 0 Å². The summed E-state index contributed by atoms with van der Waals surface area (Å²) in [6, 6.07) is 25.1. The summed E-state index contributed by atoms with van der Waals surface area (Å²) in [7, 11) is 0. The lowest BCUT2D eigenvalue weighted by molar-refractivity contribution is 0.0955. The highest BCUT2D eigenvalue weighted by molar-refractivity contribution is 14.1. The Labute approximate surface area is 187 Å². The molecule has 1 N–H and O–H groups in total. The molecule has 146 valence electrons. The van der Waals surface area contributed by atoms with Gasteiger partial charge in [-0.2, -0.15) is 10.4 Å². The van der Waals surface area contributed by atoms with Crippen molar-refractivity contribution in [1.29, 1.82) is 5.26 Å². The minimum Gasteiger partial charge on any atom is -0.342 e. The van der Waals surface area contributed by atoms with Crippen molar-refractivity contribution in [3.05, 3.63) is 105 Å². The predicted molar refractivity (Wildman–Crippen MR) is 126 cm³/mol. The van der Waals surface area contributed by atoms with Crippen LogP contribution in [0, 0.1) is 14.9 Å². The zero-order valence-electron chi connectivity index (χ0n) is 15.9. The molecule has 0 fully saturated rings. The number of hydrogen-bond acceptors (Lipinski definition) is 3. The minimum atomic E-state index is -0.255. The van der Waals surface area contributed by atoms with E-state index < -0.39 is 0 Å². The van der Waals surface area contributed by atoms with Crippen molar-refractivity contribution in [1.82, 2.24) is 9.99 Å². The Morgan fingerprint density at radius 3 is 2.60 bits per heavy atom. The summed E-state index contributed by atoms with van der Waals surface area (Å²) in [5.41, 5.74) is 6.69. The molecular formula is C24H17IN4O. The van der Waals surface area contributed by atoms with E-state index in [0.717, 1.165) is 25.6 Å². The molecule has 1 heterocycles. The molecule has 0 atom stereocenters. The quantitative estimate of drug-likeness (QED) is 0.238. The lowest BCUT2D eigenvalue weighted by Gasteiger charge is -2.07. The van der Waals surface area contributed by atoms with Gasteiger partial charge < -0.3 is 4.57 Å². The number of para-hydroxylation sites is 1. The summed E-state index contributed by atoms with van der Waals surface area (Å²) in [4.78, 5) is 12.3. The van der Waals surface area contributed by atoms with Gasteiger partial charge in [0.25, 0.3) is 5.91 Å². The third kappa shape index (κ3) is 4.26. The maximum absolute atomic E-state index is 12.3. The molecule has 0 bridgehead atoms. The van der Waals surface area contributed by atoms with Crippen molar-refractivity contribution >= 4 is 45.6 Å². The van der Waals surface area contributed by atoms with Crippen LogP contribution in [0.1, 0.15) is 27.0 Å². The highest BCUT2D eigenvalue weighted by Crippen LogP contribution is 2.22. The second-order valence-corrected chi connectivity index (χ2v) is 7.95. The van der Waals surface area contributed by atoms with Crippen LogP contribution in [0.5, 0.6) is 0 Å². The highest BCUT2D eigenvalue weighted by atomic mass is 127. The van der Waals surface area contributed by atoms with Crippen LogP contribution in [0.15, 0.2) is 84.1 Å². The number of amides is 1. The topological polar surface area (TPSA) is 70.2 Å². The van der Waals surface area contributed by atoms with Gasteiger partial charge in [-0.05, 0) is 64.6 Å². The van der Waals surface area contributed by atoms with E-state index in [1.807, 2.05) is 66.9 Å². The Balaban J connectivity index is 1.59. The van der Waals surface area contributed by atoms with Crippen molar-refractivity contribution in [2.45, 2.75) is 6.54 Å². The van der Waals surface area contributed by atoms with Crippen molar-refractivity contribution in [2.24, 2.45) is 5.10 Å². The smallest absolute Gasteiger partial charge is 0.271 e. The fourth-order valence-corrected chi connectivity index (χ4v) is 3.65. The van der Waals surface area contributed by atoms with Crippen LogP contribution in [0.4, 0.5) is 0 Å². The molecule has 0 saturated heterocycles. The molecule has 0 aliphatic heterocycles. The molecule has 0 unspecified atom stereocenters. The Bertz CT molecular complexity index is 1280. The molecular weight excluding hydrogens is 487 g/mol. The van der Waals surface area contributed by atoms with E-state index in [2.05, 4.69) is 43.8 Å². The average molecular weight is 504 g/mol. The fraction of sp³-hybridized carbons (Fsp3) is 0.0417. The standard InChI is InChI=1S/C24H17IN4O/c25-21-11-9-17(10-12-21)24(30)28-27-14-20-16-29(23-8-4-3-7-22(20)23)15-19-6-2-1-5-18(19)13-26/h1-12,14,16H,15H2,(H,28,30)/b27-14-. The number of fused-ring (bicyclic) bond motifs is 1. The summed E-state index contributed by atoms with van der Waals surface area (Å²) in [5, 5.41) is 14.6. The van der Waals surface area contributed by atoms with Gasteiger partial charge in [0.1, 0.15) is 0 Å². The second kappa shape index (κ2) is 8.93. The second-order valence-electron chi connectivity index (χ2n) is 6.70. The first-order valence-corrected chi connectivity index (χ1v) is 10.4. The van der Waals surface area contributed by atoms with E-state index in [4.69, 9.17) is 0 Å². The summed E-state index contributed by atoms with van der Waals surface area (Å²) in [6.45, 7) is 0.576. The molecule has 30 heavy (non-hydrogen) atoms. The van der Waals surface area contributed by atoms with Gasteiger partial charge in [-0.3, -0.25) is 4.79 Å². The van der Waals surface area contributed by atoms with Crippen LogP contribution in [-0.4, -0.2) is 16.7 Å². The van der Waals surface area contributed by atoms with Crippen LogP contribution >= 0.6 is 22.6 Å². The number of benzene rings is 3. The zero-order valence-corrected chi connectivity index (χ0v) is 18.1. The van der Waals surface area contributed by atoms with E-state index in [0.29, 0.717) is 17.7 Å². The van der Waals surface area contributed by atoms with Crippen molar-refractivity contribution in [3.8, 4) is 6.07 Å². The van der Waals surface area contributed by atoms with Crippen LogP contribution in [0.3, 0.4) is 0 Å². The largest absolute Gasteiger partial charge is 0.342 e. The van der Waals surface area contributed by atoms with E-state index in [9.17, 15) is 10.1 Å². The first-order chi connectivity index (χ1) is 14.7. The van der Waals surface area contributed by atoms with Crippen molar-refractivity contribution in [3.63, 3.8) is 0 Å². The number of carbonyl (C=O) groups excluding carboxylic acids is 1. The molecule has 4 rings (SSSR count). The van der Waals surface area contributed by atoms with Crippen LogP contribution in [0.2, 0.25) is 0 Å². The number of nitriles is 1. The monoisotopic (exact) mass is 504 g/mol. The van der Waals surface area contributed by atoms with Gasteiger partial charge in [0.05, 0.1) is 17.8 Å². The van der Waals surface area contributed by atoms with Gasteiger partial charge >= 0.3 is 0 Å². The maximum atomic E-state index is 12.3. The number of hydrazone groups is 1. The average Bonchev–Trinajstić information content (AvgIpc) is 3.12. The molecule has 1 aromatic heterocycles. The highest BCUT2D eigenvalue weighted by Gasteiger charge is 2.09. The van der Waals surface area contributed by atoms with Gasteiger partial charge in [0.2, 0.25) is 0 Å². The fourth-order valence-electron chi connectivity index (χ4n) is 3.29. The number of aromatic nitrogens is 1. The third-order valence-corrected chi connectivity index (χ3v) is 5.49. The van der Waals surface area contributed by atoms with E-state index in [-0.39, 0.29) is 5.91 Å². The number of carbonyl (C=O) groups is 1. The summed E-state index contributed by atoms with van der Waals surface area (Å²) < 4.78 is 3.16. The maximum Gasteiger partial charge on any atom is 0.271 e. The number of hydrogen-bond donors (Lipinski definition) is 1. The molecule has 0 aliphatic carbocycles. The zero-order chi connectivity index (χ0) is 20.9. The first kappa shape index (κ1) is 19.9. The first-order valence-electron chi connectivity index (χ1n) is 9.30. The molecule has 0 aliphatic rings. The number of nitrogens with zero attached hydrogens (tertiary/aromatic N) is 3. The third-order valence-electron chi connectivity index (χ3n) is 4.77. The van der Waals surface area contributed by atoms with Gasteiger partial charge in [0.15, 0.2) is 0 Å². The predicted octanol–water partition coefficient (Wildman–Crippen LogP) is 4.93. The van der Waals surface area contributed by atoms with Gasteiger partial charge in [-0.1, -0.05) is 36.4 Å². The summed E-state index contributed by atoms with van der Waals surface area (Å²) >= 11 is 2.20. The number of rotatable bonds is 5. The van der Waals surface area contributed by atoms with Crippen LogP contribution in [0.25, 0.3) is 10.9 Å². The van der Waals surface area contributed by atoms with E-state index in [1.54, 1.807) is 18.3 Å². The summed E-state index contributed by atoms with van der Waals surface area (Å²) in [6.07, 6.45) is 3.64. The molecule has 5 nitrogen and oxygen atoms in total.